The Kier molecular flexibility index (Phi) is 3.89. The summed E-state index contributed by atoms with van der Waals surface area (Å²) in [4.78, 5) is 0. The molecule has 0 fully saturated rings. The lowest BCUT2D eigenvalue weighted by molar-refractivity contribution is 0.174. The van der Waals surface area contributed by atoms with Gasteiger partial charge in [-0.3, -0.25) is 0 Å². The Morgan fingerprint density at radius 3 is 2.60 bits per heavy atom. The van der Waals surface area contributed by atoms with E-state index in [2.05, 4.69) is 56.2 Å². The van der Waals surface area contributed by atoms with Crippen LogP contribution in [0.4, 0.5) is 5.69 Å². The number of rotatable bonds is 3. The van der Waals surface area contributed by atoms with Crippen molar-refractivity contribution in [1.29, 1.82) is 0 Å². The largest absolute Gasteiger partial charge is 0.454 e. The molecule has 0 unspecified atom stereocenters. The number of hydrogen-bond acceptors (Lipinski definition) is 3. The second-order valence-electron chi connectivity index (χ2n) is 4.61. The van der Waals surface area contributed by atoms with E-state index in [1.54, 1.807) is 0 Å². The zero-order chi connectivity index (χ0) is 14.1. The Bertz CT molecular complexity index is 659. The normalized spacial score (nSPS) is 12.6. The molecule has 0 saturated carbocycles. The molecule has 1 heterocycles. The highest BCUT2D eigenvalue weighted by atomic mass is 79.9. The molecule has 104 valence electrons. The Labute approximate surface area is 134 Å². The molecule has 0 aliphatic carbocycles. The van der Waals surface area contributed by atoms with Gasteiger partial charge >= 0.3 is 0 Å². The fourth-order valence-corrected chi connectivity index (χ4v) is 3.05. The van der Waals surface area contributed by atoms with Crippen LogP contribution in [-0.4, -0.2) is 6.79 Å². The van der Waals surface area contributed by atoms with E-state index in [4.69, 9.17) is 9.47 Å². The summed E-state index contributed by atoms with van der Waals surface area (Å²) >= 11 is 7.04. The summed E-state index contributed by atoms with van der Waals surface area (Å²) in [5.74, 6) is 1.60. The van der Waals surface area contributed by atoms with Crippen LogP contribution in [-0.2, 0) is 6.54 Å². The summed E-state index contributed by atoms with van der Waals surface area (Å²) in [7, 11) is 0. The van der Waals surface area contributed by atoms with Crippen molar-refractivity contribution in [3.8, 4) is 11.5 Å². The van der Waals surface area contributed by atoms with E-state index in [9.17, 15) is 0 Å². The van der Waals surface area contributed by atoms with E-state index in [1.807, 2.05) is 18.2 Å². The second kappa shape index (κ2) is 5.66. The maximum absolute atomic E-state index is 5.41. The van der Waals surface area contributed by atoms with Gasteiger partial charge in [-0.1, -0.05) is 31.9 Å². The Morgan fingerprint density at radius 2 is 1.85 bits per heavy atom. The van der Waals surface area contributed by atoms with Gasteiger partial charge in [-0.2, -0.15) is 0 Å². The number of fused-ring (bicyclic) bond motifs is 1. The van der Waals surface area contributed by atoms with Gasteiger partial charge < -0.3 is 14.8 Å². The number of halogens is 2. The summed E-state index contributed by atoms with van der Waals surface area (Å²) in [5.41, 5.74) is 3.46. The number of aryl methyl sites for hydroxylation is 1. The van der Waals surface area contributed by atoms with E-state index in [-0.39, 0.29) is 0 Å². The topological polar surface area (TPSA) is 30.5 Å². The van der Waals surface area contributed by atoms with Crippen molar-refractivity contribution in [1.82, 2.24) is 0 Å². The van der Waals surface area contributed by atoms with Gasteiger partial charge in [0.25, 0.3) is 0 Å². The minimum absolute atomic E-state index is 0.296. The molecule has 20 heavy (non-hydrogen) atoms. The summed E-state index contributed by atoms with van der Waals surface area (Å²) in [6.45, 7) is 3.10. The van der Waals surface area contributed by atoms with Crippen LogP contribution in [0.3, 0.4) is 0 Å². The Morgan fingerprint density at radius 1 is 1.10 bits per heavy atom. The maximum Gasteiger partial charge on any atom is 0.231 e. The minimum Gasteiger partial charge on any atom is -0.454 e. The van der Waals surface area contributed by atoms with Crippen molar-refractivity contribution in [2.75, 3.05) is 12.1 Å². The zero-order valence-electron chi connectivity index (χ0n) is 10.9. The number of nitrogens with one attached hydrogen (secondary N) is 1. The number of anilines is 1. The first kappa shape index (κ1) is 13.8. The van der Waals surface area contributed by atoms with Crippen molar-refractivity contribution in [2.24, 2.45) is 0 Å². The fourth-order valence-electron chi connectivity index (χ4n) is 2.11. The standard InChI is InChI=1S/C15H13Br2NO2/c1-9-4-11(16)2-3-13(9)18-7-10-5-14-15(6-12(10)17)20-8-19-14/h2-6,18H,7-8H2,1H3. The molecule has 2 aromatic carbocycles. The molecule has 0 saturated heterocycles. The predicted molar refractivity (Wildman–Crippen MR) is 86.5 cm³/mol. The molecule has 0 amide bonds. The molecular formula is C15H13Br2NO2. The molecule has 3 nitrogen and oxygen atoms in total. The summed E-state index contributed by atoms with van der Waals surface area (Å²) in [6, 6.07) is 10.2. The van der Waals surface area contributed by atoms with Crippen molar-refractivity contribution < 1.29 is 9.47 Å². The Hall–Kier alpha value is -1.20. The van der Waals surface area contributed by atoms with Crippen LogP contribution < -0.4 is 14.8 Å². The molecule has 1 N–H and O–H groups in total. The number of hydrogen-bond donors (Lipinski definition) is 1. The maximum atomic E-state index is 5.41. The molecule has 5 heteroatoms. The number of ether oxygens (including phenoxy) is 2. The minimum atomic E-state index is 0.296. The van der Waals surface area contributed by atoms with Crippen molar-refractivity contribution >= 4 is 37.5 Å². The lowest BCUT2D eigenvalue weighted by Crippen LogP contribution is -2.01. The smallest absolute Gasteiger partial charge is 0.231 e. The molecule has 2 aromatic rings. The third-order valence-electron chi connectivity index (χ3n) is 3.20. The van der Waals surface area contributed by atoms with Crippen LogP contribution in [0, 0.1) is 6.92 Å². The summed E-state index contributed by atoms with van der Waals surface area (Å²) in [6.07, 6.45) is 0. The van der Waals surface area contributed by atoms with Gasteiger partial charge in [-0.05, 0) is 48.4 Å². The fraction of sp³-hybridized carbons (Fsp3) is 0.200. The second-order valence-corrected chi connectivity index (χ2v) is 6.38. The van der Waals surface area contributed by atoms with Crippen LogP contribution in [0.5, 0.6) is 11.5 Å². The number of benzene rings is 2. The molecule has 0 bridgehead atoms. The van der Waals surface area contributed by atoms with Gasteiger partial charge in [0.05, 0.1) is 0 Å². The van der Waals surface area contributed by atoms with Crippen molar-refractivity contribution in [2.45, 2.75) is 13.5 Å². The highest BCUT2D eigenvalue weighted by Gasteiger charge is 2.16. The SMILES string of the molecule is Cc1cc(Br)ccc1NCc1cc2c(cc1Br)OCO2. The van der Waals surface area contributed by atoms with Crippen molar-refractivity contribution in [3.63, 3.8) is 0 Å². The zero-order valence-corrected chi connectivity index (χ0v) is 14.0. The van der Waals surface area contributed by atoms with E-state index in [0.717, 1.165) is 38.2 Å². The van der Waals surface area contributed by atoms with Gasteiger partial charge in [0, 0.05) is 21.2 Å². The molecule has 0 spiro atoms. The highest BCUT2D eigenvalue weighted by molar-refractivity contribution is 9.10. The first-order valence-corrected chi connectivity index (χ1v) is 7.80. The van der Waals surface area contributed by atoms with Crippen LogP contribution >= 0.6 is 31.9 Å². The molecule has 0 atom stereocenters. The average molecular weight is 399 g/mol. The summed E-state index contributed by atoms with van der Waals surface area (Å²) in [5, 5.41) is 3.44. The van der Waals surface area contributed by atoms with Gasteiger partial charge in [-0.15, -0.1) is 0 Å². The van der Waals surface area contributed by atoms with Gasteiger partial charge in [0.2, 0.25) is 6.79 Å². The van der Waals surface area contributed by atoms with E-state index in [1.165, 1.54) is 5.56 Å². The third-order valence-corrected chi connectivity index (χ3v) is 4.43. The van der Waals surface area contributed by atoms with E-state index >= 15 is 0 Å². The predicted octanol–water partition coefficient (Wildman–Crippen LogP) is 4.86. The molecular weight excluding hydrogens is 386 g/mol. The molecule has 1 aliphatic heterocycles. The van der Waals surface area contributed by atoms with E-state index < -0.39 is 0 Å². The Balaban J connectivity index is 1.78. The van der Waals surface area contributed by atoms with Gasteiger partial charge in [-0.25, -0.2) is 0 Å². The molecule has 3 rings (SSSR count). The van der Waals surface area contributed by atoms with Crippen LogP contribution in [0.2, 0.25) is 0 Å². The van der Waals surface area contributed by atoms with Crippen molar-refractivity contribution in [3.05, 3.63) is 50.4 Å². The monoisotopic (exact) mass is 397 g/mol. The van der Waals surface area contributed by atoms with Crippen LogP contribution in [0.25, 0.3) is 0 Å². The van der Waals surface area contributed by atoms with Crippen LogP contribution in [0.15, 0.2) is 39.3 Å². The molecule has 0 aromatic heterocycles. The molecule has 1 aliphatic rings. The molecule has 0 radical (unpaired) electrons. The average Bonchev–Trinajstić information content (AvgIpc) is 2.84. The summed E-state index contributed by atoms with van der Waals surface area (Å²) < 4.78 is 12.9. The first-order chi connectivity index (χ1) is 9.63. The lowest BCUT2D eigenvalue weighted by atomic mass is 10.1. The quantitative estimate of drug-likeness (QED) is 0.800. The van der Waals surface area contributed by atoms with Crippen LogP contribution in [0.1, 0.15) is 11.1 Å². The third kappa shape index (κ3) is 2.79. The lowest BCUT2D eigenvalue weighted by Gasteiger charge is -2.12. The van der Waals surface area contributed by atoms with Gasteiger partial charge in [0.15, 0.2) is 11.5 Å². The van der Waals surface area contributed by atoms with Gasteiger partial charge in [0.1, 0.15) is 0 Å². The first-order valence-electron chi connectivity index (χ1n) is 6.21. The highest BCUT2D eigenvalue weighted by Crippen LogP contribution is 2.37. The van der Waals surface area contributed by atoms with E-state index in [0.29, 0.717) is 6.79 Å².